The van der Waals surface area contributed by atoms with Gasteiger partial charge in [0.1, 0.15) is 0 Å². The molecule has 0 saturated carbocycles. The average Bonchev–Trinajstić information content (AvgIpc) is 2.66. The minimum Gasteiger partial charge on any atom is -0.0622 e. The monoisotopic (exact) mass is 1580 g/mol. The zero-order chi connectivity index (χ0) is 19.1. The van der Waals surface area contributed by atoms with Gasteiger partial charge in [-0.15, -0.1) is 0 Å². The number of aryl methyl sites for hydroxylation is 2. The summed E-state index contributed by atoms with van der Waals surface area (Å²) < 4.78 is 3.28. The Morgan fingerprint density at radius 1 is 0.640 bits per heavy atom. The van der Waals surface area contributed by atoms with Gasteiger partial charge in [-0.2, -0.15) is 0 Å². The molecule has 0 amide bonds. The summed E-state index contributed by atoms with van der Waals surface area (Å²) in [4.78, 5) is 0. The second-order valence-corrected chi connectivity index (χ2v) is 6.40. The average molecular weight is 1580 g/mol. The summed E-state index contributed by atoms with van der Waals surface area (Å²) in [6.07, 6.45) is 2.26. The summed E-state index contributed by atoms with van der Waals surface area (Å²) in [5.41, 5.74) is 2.83. The Hall–Kier alpha value is 4.10. The molecule has 0 aliphatic carbocycles. The fourth-order valence-electron chi connectivity index (χ4n) is 1.58. The van der Waals surface area contributed by atoms with Crippen LogP contribution in [0.5, 0.6) is 0 Å². The van der Waals surface area contributed by atoms with Gasteiger partial charge in [0.2, 0.25) is 0 Å². The van der Waals surface area contributed by atoms with E-state index in [2.05, 4.69) is 60.7 Å². The van der Waals surface area contributed by atoms with Gasteiger partial charge in [-0.25, -0.2) is 0 Å². The number of hydrogen-bond acceptors (Lipinski definition) is 0. The molecule has 0 unspecified atom stereocenters. The fraction of sp³-hybridized carbons (Fsp3) is 0.111. The first-order valence-corrected chi connectivity index (χ1v) is 41.6. The van der Waals surface area contributed by atoms with E-state index >= 15 is 0 Å². The van der Waals surface area contributed by atoms with E-state index in [4.69, 9.17) is 13.2 Å². The third-order valence-electron chi connectivity index (χ3n) is 2.39. The molecule has 0 bridgehead atoms. The molecule has 0 spiro atoms. The van der Waals surface area contributed by atoms with E-state index in [1.165, 1.54) is 11.1 Å². The Morgan fingerprint density at radius 2 is 0.840 bits per heavy atom. The molecule has 25 heavy (non-hydrogen) atoms. The molecule has 0 N–H and O–H groups in total. The quantitative estimate of drug-likeness (QED) is 0.325. The van der Waals surface area contributed by atoms with E-state index in [1.807, 2.05) is 0 Å². The van der Waals surface area contributed by atoms with Crippen molar-refractivity contribution in [2.24, 2.45) is 0 Å². The third kappa shape index (κ3) is 30.4. The summed E-state index contributed by atoms with van der Waals surface area (Å²) in [5.74, 6) is 0. The maximum atomic E-state index is 4.78. The summed E-state index contributed by atoms with van der Waals surface area (Å²) in [7, 11) is 0. The van der Waals surface area contributed by atoms with Crippen molar-refractivity contribution in [2.75, 3.05) is 0 Å². The molecular weight excluding hydrogens is 1560 g/mol. The minimum absolute atomic E-state index is 0. The molecule has 0 atom stereocenters. The predicted molar refractivity (Wildman–Crippen MR) is 115 cm³/mol. The van der Waals surface area contributed by atoms with Gasteiger partial charge < -0.3 is 0 Å². The molecule has 7 heteroatoms. The van der Waals surface area contributed by atoms with Crippen molar-refractivity contribution in [1.82, 2.24) is 0 Å². The maximum absolute atomic E-state index is 4.78. The summed E-state index contributed by atoms with van der Waals surface area (Å²) in [5, 5.41) is 0. The van der Waals surface area contributed by atoms with E-state index < -0.39 is 0 Å². The van der Waals surface area contributed by atoms with Gasteiger partial charge in [0.15, 0.2) is 0 Å². The largest absolute Gasteiger partial charge is 4.00 e. The topological polar surface area (TPSA) is 0 Å². The van der Waals surface area contributed by atoms with Gasteiger partial charge in [-0.3, -0.25) is 0 Å². The van der Waals surface area contributed by atoms with E-state index in [1.54, 1.807) is 84.6 Å². The second-order valence-electron chi connectivity index (χ2n) is 3.80. The van der Waals surface area contributed by atoms with Crippen molar-refractivity contribution in [1.29, 1.82) is 0 Å². The van der Waals surface area contributed by atoms with Crippen LogP contribution in [-0.2, 0) is 39.0 Å². The Bertz CT molecular complexity index is 446. The van der Waals surface area contributed by atoms with Gasteiger partial charge in [-0.05, 0) is 24.0 Å². The Morgan fingerprint density at radius 3 is 1.04 bits per heavy atom. The van der Waals surface area contributed by atoms with E-state index in [-0.39, 0.29) is 26.2 Å². The van der Waals surface area contributed by atoms with Crippen LogP contribution in [0.15, 0.2) is 68.2 Å². The second kappa shape index (κ2) is 35.5. The van der Waals surface area contributed by atoms with Gasteiger partial charge in [0, 0.05) is 0 Å². The molecule has 124 valence electrons. The molecule has 2 aromatic carbocycles. The van der Waals surface area contributed by atoms with Crippen LogP contribution in [0.3, 0.4) is 0 Å². The number of hydrogen-bond donors (Lipinski definition) is 0. The molecule has 6 radical (unpaired) electrons. The maximum Gasteiger partial charge on any atom is 4.00 e. The van der Waals surface area contributed by atoms with Gasteiger partial charge in [0.05, 0.1) is 0 Å². The van der Waals surface area contributed by atoms with Crippen molar-refractivity contribution < 1.29 is 26.2 Å². The van der Waals surface area contributed by atoms with Crippen LogP contribution in [0, 0.1) is 13.2 Å². The normalized spacial score (nSPS) is 6.96. The fourth-order valence-corrected chi connectivity index (χ4v) is 1.58. The Kier molecular flexibility index (Phi) is 51.8. The summed E-state index contributed by atoms with van der Waals surface area (Å²) >= 11 is 8.27. The van der Waals surface area contributed by atoms with Crippen LogP contribution >= 0.6 is 0 Å². The summed E-state index contributed by atoms with van der Waals surface area (Å²) in [6, 6.07) is 21.2. The zero-order valence-corrected chi connectivity index (χ0v) is 37.9. The van der Waals surface area contributed by atoms with Crippen molar-refractivity contribution >= 4 is 126 Å². The minimum atomic E-state index is 0. The van der Waals surface area contributed by atoms with E-state index in [0.717, 1.165) is 62.3 Å². The first-order chi connectivity index (χ1) is 11.8. The summed E-state index contributed by atoms with van der Waals surface area (Å²) in [6.45, 7) is 9.57. The van der Waals surface area contributed by atoms with Crippen molar-refractivity contribution in [3.05, 3.63) is 92.5 Å². The van der Waals surface area contributed by atoms with Crippen LogP contribution in [-0.4, -0.2) is 126 Å². The molecule has 0 heterocycles. The van der Waals surface area contributed by atoms with Crippen LogP contribution in [0.4, 0.5) is 0 Å². The van der Waals surface area contributed by atoms with Crippen LogP contribution in [0.1, 0.15) is 11.1 Å². The van der Waals surface area contributed by atoms with Crippen LogP contribution in [0.2, 0.25) is 0 Å². The van der Waals surface area contributed by atoms with Crippen molar-refractivity contribution in [3.8, 4) is 0 Å². The molecule has 0 aliphatic rings. The van der Waals surface area contributed by atoms with E-state index in [0.29, 0.717) is 0 Å². The third-order valence-corrected chi connectivity index (χ3v) is 2.39. The number of rotatable bonds is 3. The van der Waals surface area contributed by atoms with Crippen LogP contribution < -0.4 is 0 Å². The Labute approximate surface area is 252 Å². The molecule has 0 saturated heterocycles. The van der Waals surface area contributed by atoms with Crippen LogP contribution in [0.25, 0.3) is 0 Å². The van der Waals surface area contributed by atoms with Gasteiger partial charge in [0.25, 0.3) is 0 Å². The zero-order valence-electron chi connectivity index (χ0n) is 13.8. The Balaban J connectivity index is -0.000000171. The predicted octanol–water partition coefficient (Wildman–Crippen LogP) is 1.61. The molecule has 2 rings (SSSR count). The first-order valence-electron chi connectivity index (χ1n) is 6.67. The van der Waals surface area contributed by atoms with Gasteiger partial charge in [-0.1, -0.05) is 60.7 Å². The molecule has 0 fully saturated rings. The molecular formula is C18H20Bi6Zr+2. The standard InChI is InChI=1S/C14H14.2C2H2.6Bi.Zr.2H/c1-3-7-13(8-4-1)11-12-14-9-5-2-6-10-14;2*1-2;;;;;;;;;/h1-10H,11-12H2;2*1-2H;;;;;;;;;/q;2*-1;;;;;;;+4;;. The molecule has 0 aromatic heterocycles. The van der Waals surface area contributed by atoms with E-state index in [9.17, 15) is 0 Å². The molecule has 0 aliphatic heterocycles. The van der Waals surface area contributed by atoms with Gasteiger partial charge >= 0.3 is 173 Å². The van der Waals surface area contributed by atoms with Crippen molar-refractivity contribution in [2.45, 2.75) is 12.8 Å². The molecule has 2 aromatic rings. The van der Waals surface area contributed by atoms with Crippen molar-refractivity contribution in [3.63, 3.8) is 0 Å². The smallest absolute Gasteiger partial charge is 0.0622 e. The SMILES string of the molecule is [Bi]=[Bi].[Bi]=[Bi].[CH-]=[CH][BiH].[CH-]=[CH][BiH].[Zr+4].c1ccc(CCc2ccccc2)cc1. The number of benzene rings is 2. The molecule has 0 nitrogen and oxygen atoms in total. The first kappa shape index (κ1) is 36.5.